The molecule has 0 aromatic rings. The molecule has 1 atom stereocenters. The van der Waals surface area contributed by atoms with Crippen molar-refractivity contribution < 1.29 is 52.9 Å². The van der Waals surface area contributed by atoms with Crippen LogP contribution >= 0.6 is 0 Å². The molecule has 0 fully saturated rings. The normalized spacial score (nSPS) is 13.2. The van der Waals surface area contributed by atoms with Gasteiger partial charge in [0.1, 0.15) is 13.2 Å². The predicted octanol–water partition coefficient (Wildman–Crippen LogP) is -1.36. The fourth-order valence-electron chi connectivity index (χ4n) is 1.58. The Bertz CT molecular complexity index is 524. The Labute approximate surface area is 143 Å². The second kappa shape index (κ2) is 9.57. The Kier molecular flexibility index (Phi) is 8.54. The number of hydrogen-bond donors (Lipinski definition) is 2. The molecular weight excluding hydrogens is 342 g/mol. The number of hydrogen-bond acceptors (Lipinski definition) is 8. The molecule has 0 rings (SSSR count). The molecule has 1 unspecified atom stereocenters. The molecule has 25 heavy (non-hydrogen) atoms. The van der Waals surface area contributed by atoms with Gasteiger partial charge in [0, 0.05) is 0 Å². The number of carbonyl (C=O) groups is 5. The van der Waals surface area contributed by atoms with Gasteiger partial charge in [-0.3, -0.25) is 14.4 Å². The molecular formula is C14H22NO10+. The van der Waals surface area contributed by atoms with E-state index in [1.807, 2.05) is 21.1 Å². The summed E-state index contributed by atoms with van der Waals surface area (Å²) in [5.41, 5.74) is -2.61. The lowest BCUT2D eigenvalue weighted by molar-refractivity contribution is -0.870. The van der Waals surface area contributed by atoms with Crippen LogP contribution in [-0.2, 0) is 38.2 Å². The molecule has 0 heterocycles. The maximum absolute atomic E-state index is 11.7. The van der Waals surface area contributed by atoms with E-state index in [9.17, 15) is 24.0 Å². The van der Waals surface area contributed by atoms with Crippen LogP contribution < -0.4 is 0 Å². The van der Waals surface area contributed by atoms with Crippen LogP contribution in [0.15, 0.2) is 0 Å². The number of esters is 2. The molecule has 0 amide bonds. The summed E-state index contributed by atoms with van der Waals surface area (Å²) in [6.45, 7) is -0.441. The molecule has 0 aliphatic carbocycles. The number of carbonyl (C=O) groups excluding carboxylic acids is 3. The summed E-state index contributed by atoms with van der Waals surface area (Å²) >= 11 is 0. The van der Waals surface area contributed by atoms with Gasteiger partial charge in [0.25, 0.3) is 6.47 Å². The minimum atomic E-state index is -2.61. The molecule has 0 aromatic carbocycles. The number of rotatable bonds is 12. The van der Waals surface area contributed by atoms with Gasteiger partial charge in [0.2, 0.25) is 5.60 Å². The van der Waals surface area contributed by atoms with Crippen LogP contribution in [0.25, 0.3) is 0 Å². The molecule has 0 aliphatic heterocycles. The minimum Gasteiger partial charge on any atom is -0.481 e. The minimum absolute atomic E-state index is 0.0895. The van der Waals surface area contributed by atoms with Crippen molar-refractivity contribution >= 4 is 30.3 Å². The van der Waals surface area contributed by atoms with Crippen molar-refractivity contribution in [3.63, 3.8) is 0 Å². The zero-order chi connectivity index (χ0) is 19.7. The third kappa shape index (κ3) is 9.25. The van der Waals surface area contributed by atoms with E-state index >= 15 is 0 Å². The first-order valence-corrected chi connectivity index (χ1v) is 7.10. The molecule has 0 aliphatic rings. The summed E-state index contributed by atoms with van der Waals surface area (Å²) in [5, 5.41) is 17.8. The second-order valence-corrected chi connectivity index (χ2v) is 6.16. The molecule has 0 saturated carbocycles. The standard InChI is InChI=1S/C14H21NO10/c1-15(2,3)4-5-23-12(20)8-24-11(19)7-14(13(21)22,25-9-16)6-10(17)18/h9H,4-8H2,1-3H3,(H-,17,18,21,22)/p+1. The number of quaternary nitrogens is 1. The SMILES string of the molecule is C[N+](C)(C)CCOC(=O)COC(=O)CC(CC(=O)O)(OC=O)C(=O)O. The van der Waals surface area contributed by atoms with E-state index in [2.05, 4.69) is 9.47 Å². The smallest absolute Gasteiger partial charge is 0.349 e. The summed E-state index contributed by atoms with van der Waals surface area (Å²) in [6.07, 6.45) is -2.22. The van der Waals surface area contributed by atoms with Gasteiger partial charge in [-0.25, -0.2) is 9.59 Å². The fourth-order valence-corrected chi connectivity index (χ4v) is 1.58. The van der Waals surface area contributed by atoms with Crippen LogP contribution in [0.1, 0.15) is 12.8 Å². The first kappa shape index (κ1) is 22.3. The summed E-state index contributed by atoms with van der Waals surface area (Å²) in [4.78, 5) is 55.5. The molecule has 11 heteroatoms. The Morgan fingerprint density at radius 2 is 1.60 bits per heavy atom. The molecule has 11 nitrogen and oxygen atoms in total. The maximum Gasteiger partial charge on any atom is 0.349 e. The molecule has 0 radical (unpaired) electrons. The van der Waals surface area contributed by atoms with Gasteiger partial charge in [-0.1, -0.05) is 0 Å². The van der Waals surface area contributed by atoms with Crippen molar-refractivity contribution in [3.8, 4) is 0 Å². The number of aliphatic carboxylic acids is 2. The summed E-state index contributed by atoms with van der Waals surface area (Å²) < 4.78 is 14.2. The van der Waals surface area contributed by atoms with Gasteiger partial charge in [0.05, 0.1) is 34.0 Å². The summed E-state index contributed by atoms with van der Waals surface area (Å²) in [6, 6.07) is 0. The highest BCUT2D eigenvalue weighted by atomic mass is 16.6. The lowest BCUT2D eigenvalue weighted by Gasteiger charge is -2.24. The molecule has 142 valence electrons. The lowest BCUT2D eigenvalue weighted by atomic mass is 9.95. The van der Waals surface area contributed by atoms with Crippen LogP contribution in [0.5, 0.6) is 0 Å². The number of likely N-dealkylation sites (N-methyl/N-ethyl adjacent to an activating group) is 1. The van der Waals surface area contributed by atoms with Gasteiger partial charge < -0.3 is 28.9 Å². The molecule has 0 bridgehead atoms. The van der Waals surface area contributed by atoms with Gasteiger partial charge in [-0.05, 0) is 0 Å². The molecule has 0 spiro atoms. The van der Waals surface area contributed by atoms with Crippen molar-refractivity contribution in [2.24, 2.45) is 0 Å². The molecule has 0 aromatic heterocycles. The van der Waals surface area contributed by atoms with Crippen LogP contribution in [0, 0.1) is 0 Å². The highest BCUT2D eigenvalue weighted by Gasteiger charge is 2.46. The van der Waals surface area contributed by atoms with Gasteiger partial charge in [0.15, 0.2) is 6.61 Å². The number of ether oxygens (including phenoxy) is 3. The zero-order valence-corrected chi connectivity index (χ0v) is 14.2. The zero-order valence-electron chi connectivity index (χ0n) is 14.2. The fraction of sp³-hybridized carbons (Fsp3) is 0.643. The van der Waals surface area contributed by atoms with E-state index in [1.165, 1.54) is 0 Å². The highest BCUT2D eigenvalue weighted by molar-refractivity contribution is 5.90. The van der Waals surface area contributed by atoms with E-state index < -0.39 is 48.9 Å². The molecule has 0 saturated heterocycles. The van der Waals surface area contributed by atoms with E-state index in [1.54, 1.807) is 0 Å². The van der Waals surface area contributed by atoms with Gasteiger partial charge in [-0.2, -0.15) is 0 Å². The quantitative estimate of drug-likeness (QED) is 0.184. The lowest BCUT2D eigenvalue weighted by Crippen LogP contribution is -2.45. The van der Waals surface area contributed by atoms with Gasteiger partial charge >= 0.3 is 23.9 Å². The first-order valence-electron chi connectivity index (χ1n) is 7.10. The average molecular weight is 364 g/mol. The Hall–Kier alpha value is -2.69. The van der Waals surface area contributed by atoms with Crippen LogP contribution in [-0.4, -0.2) is 91.5 Å². The van der Waals surface area contributed by atoms with Crippen molar-refractivity contribution in [1.82, 2.24) is 0 Å². The third-order valence-electron chi connectivity index (χ3n) is 2.91. The Morgan fingerprint density at radius 3 is 2.04 bits per heavy atom. The molecule has 2 N–H and O–H groups in total. The van der Waals surface area contributed by atoms with Gasteiger partial charge in [-0.15, -0.1) is 0 Å². The van der Waals surface area contributed by atoms with E-state index in [0.717, 1.165) is 0 Å². The first-order chi connectivity index (χ1) is 11.4. The maximum atomic E-state index is 11.7. The van der Waals surface area contributed by atoms with E-state index in [0.29, 0.717) is 11.0 Å². The van der Waals surface area contributed by atoms with Crippen molar-refractivity contribution in [2.75, 3.05) is 40.9 Å². The predicted molar refractivity (Wildman–Crippen MR) is 79.2 cm³/mol. The van der Waals surface area contributed by atoms with Crippen LogP contribution in [0.3, 0.4) is 0 Å². The monoisotopic (exact) mass is 364 g/mol. The Morgan fingerprint density at radius 1 is 1.00 bits per heavy atom. The largest absolute Gasteiger partial charge is 0.481 e. The summed E-state index contributed by atoms with van der Waals surface area (Å²) in [5.74, 6) is -5.51. The summed E-state index contributed by atoms with van der Waals surface area (Å²) in [7, 11) is 5.65. The van der Waals surface area contributed by atoms with Crippen LogP contribution in [0.2, 0.25) is 0 Å². The third-order valence-corrected chi connectivity index (χ3v) is 2.91. The van der Waals surface area contributed by atoms with E-state index in [-0.39, 0.29) is 13.1 Å². The van der Waals surface area contributed by atoms with Crippen molar-refractivity contribution in [1.29, 1.82) is 0 Å². The number of carboxylic acid groups (broad SMARTS) is 2. The Balaban J connectivity index is 4.61. The number of nitrogens with zero attached hydrogens (tertiary/aromatic N) is 1. The van der Waals surface area contributed by atoms with Crippen LogP contribution in [0.4, 0.5) is 0 Å². The highest BCUT2D eigenvalue weighted by Crippen LogP contribution is 2.21. The van der Waals surface area contributed by atoms with Crippen molar-refractivity contribution in [2.45, 2.75) is 18.4 Å². The second-order valence-electron chi connectivity index (χ2n) is 6.16. The average Bonchev–Trinajstić information content (AvgIpc) is 2.43. The van der Waals surface area contributed by atoms with Crippen molar-refractivity contribution in [3.05, 3.63) is 0 Å². The topological polar surface area (TPSA) is 154 Å². The van der Waals surface area contributed by atoms with E-state index in [4.69, 9.17) is 14.9 Å². The number of carboxylic acids is 2.